The van der Waals surface area contributed by atoms with Gasteiger partial charge in [0, 0.05) is 16.8 Å². The molecule has 0 aromatic heterocycles. The predicted molar refractivity (Wildman–Crippen MR) is 109 cm³/mol. The van der Waals surface area contributed by atoms with Crippen molar-refractivity contribution in [2.45, 2.75) is 6.61 Å². The summed E-state index contributed by atoms with van der Waals surface area (Å²) >= 11 is 0. The molecule has 28 heavy (non-hydrogen) atoms. The van der Waals surface area contributed by atoms with Crippen LogP contribution >= 0.6 is 0 Å². The second kappa shape index (κ2) is 7.13. The number of nitrogens with one attached hydrogen (secondary N) is 1. The fraction of sp³-hybridized carbons (Fsp3) is 0.0909. The Balaban J connectivity index is 1.89. The van der Waals surface area contributed by atoms with Gasteiger partial charge in [-0.1, -0.05) is 42.5 Å². The molecule has 0 spiro atoms. The van der Waals surface area contributed by atoms with E-state index in [1.807, 2.05) is 42.5 Å². The highest BCUT2D eigenvalue weighted by molar-refractivity contribution is 7.92. The summed E-state index contributed by atoms with van der Waals surface area (Å²) in [7, 11) is -3.38. The van der Waals surface area contributed by atoms with Crippen LogP contribution in [0.5, 0.6) is 5.75 Å². The van der Waals surface area contributed by atoms with Crippen LogP contribution in [0.25, 0.3) is 11.6 Å². The number of anilines is 1. The number of sulfonamides is 1. The van der Waals surface area contributed by atoms with E-state index in [1.54, 1.807) is 24.3 Å². The van der Waals surface area contributed by atoms with Crippen LogP contribution < -0.4 is 9.46 Å². The van der Waals surface area contributed by atoms with Gasteiger partial charge in [0.2, 0.25) is 10.0 Å². The number of fused-ring (bicyclic) bond motifs is 2. The zero-order chi connectivity index (χ0) is 19.7. The van der Waals surface area contributed by atoms with E-state index < -0.39 is 10.0 Å². The van der Waals surface area contributed by atoms with E-state index >= 15 is 0 Å². The van der Waals surface area contributed by atoms with Crippen LogP contribution in [0.2, 0.25) is 0 Å². The number of hydrogen-bond acceptors (Lipinski definition) is 3. The van der Waals surface area contributed by atoms with Crippen LogP contribution in [0, 0.1) is 5.82 Å². The third kappa shape index (κ3) is 3.77. The Morgan fingerprint density at radius 1 is 1.00 bits per heavy atom. The van der Waals surface area contributed by atoms with E-state index in [0.717, 1.165) is 28.5 Å². The molecule has 1 aliphatic rings. The summed E-state index contributed by atoms with van der Waals surface area (Å²) in [6.45, 7) is 0.145. The maximum atomic E-state index is 14.5. The van der Waals surface area contributed by atoms with E-state index in [1.165, 1.54) is 6.07 Å². The molecule has 3 aromatic rings. The van der Waals surface area contributed by atoms with Gasteiger partial charge in [0.1, 0.15) is 18.2 Å². The van der Waals surface area contributed by atoms with Gasteiger partial charge in [0.05, 0.1) is 6.26 Å². The van der Waals surface area contributed by atoms with Crippen molar-refractivity contribution in [2.24, 2.45) is 0 Å². The van der Waals surface area contributed by atoms with Crippen molar-refractivity contribution in [1.29, 1.82) is 0 Å². The highest BCUT2D eigenvalue weighted by atomic mass is 32.2. The summed E-state index contributed by atoms with van der Waals surface area (Å²) in [5, 5.41) is 0. The Labute approximate surface area is 163 Å². The zero-order valence-corrected chi connectivity index (χ0v) is 16.0. The van der Waals surface area contributed by atoms with E-state index in [9.17, 15) is 12.8 Å². The summed E-state index contributed by atoms with van der Waals surface area (Å²) in [6.07, 6.45) is 3.02. The van der Waals surface area contributed by atoms with Crippen molar-refractivity contribution in [1.82, 2.24) is 0 Å². The second-order valence-corrected chi connectivity index (χ2v) is 8.36. The van der Waals surface area contributed by atoms with Crippen molar-refractivity contribution < 1.29 is 17.5 Å². The average molecular weight is 395 g/mol. The zero-order valence-electron chi connectivity index (χ0n) is 15.1. The van der Waals surface area contributed by atoms with Crippen LogP contribution in [0.15, 0.2) is 66.7 Å². The SMILES string of the molecule is CS(=O)(=O)Nc1cccc(/C=C2/c3ccccc3OCc3c(F)cccc32)c1. The molecule has 3 aromatic carbocycles. The highest BCUT2D eigenvalue weighted by Crippen LogP contribution is 2.38. The van der Waals surface area contributed by atoms with E-state index in [-0.39, 0.29) is 12.4 Å². The topological polar surface area (TPSA) is 55.4 Å². The molecular formula is C22H18FNO3S. The molecule has 6 heteroatoms. The molecule has 1 N–H and O–H groups in total. The number of benzene rings is 3. The molecule has 0 atom stereocenters. The van der Waals surface area contributed by atoms with E-state index in [4.69, 9.17) is 4.74 Å². The van der Waals surface area contributed by atoms with E-state index in [0.29, 0.717) is 17.0 Å². The van der Waals surface area contributed by atoms with Crippen LogP contribution in [-0.2, 0) is 16.6 Å². The molecule has 0 radical (unpaired) electrons. The summed E-state index contributed by atoms with van der Waals surface area (Å²) < 4.78 is 45.8. The minimum atomic E-state index is -3.38. The quantitative estimate of drug-likeness (QED) is 0.701. The van der Waals surface area contributed by atoms with Gasteiger partial charge in [0.25, 0.3) is 0 Å². The fourth-order valence-electron chi connectivity index (χ4n) is 3.30. The monoisotopic (exact) mass is 395 g/mol. The van der Waals surface area contributed by atoms with Crippen LogP contribution in [0.4, 0.5) is 10.1 Å². The molecule has 4 rings (SSSR count). The molecule has 0 saturated heterocycles. The third-order valence-electron chi connectivity index (χ3n) is 4.46. The van der Waals surface area contributed by atoms with Gasteiger partial charge >= 0.3 is 0 Å². The fourth-order valence-corrected chi connectivity index (χ4v) is 3.85. The number of para-hydroxylation sites is 1. The Bertz CT molecular complexity index is 1190. The largest absolute Gasteiger partial charge is 0.488 e. The number of ether oxygens (including phenoxy) is 1. The number of hydrogen-bond donors (Lipinski definition) is 1. The number of halogens is 1. The molecule has 0 amide bonds. The molecule has 1 aliphatic heterocycles. The first kappa shape index (κ1) is 18.3. The Morgan fingerprint density at radius 3 is 2.57 bits per heavy atom. The first-order valence-electron chi connectivity index (χ1n) is 8.70. The molecule has 0 unspecified atom stereocenters. The lowest BCUT2D eigenvalue weighted by Gasteiger charge is -2.11. The molecule has 142 valence electrons. The van der Waals surface area contributed by atoms with Gasteiger partial charge in [-0.3, -0.25) is 4.72 Å². The molecular weight excluding hydrogens is 377 g/mol. The predicted octanol–water partition coefficient (Wildman–Crippen LogP) is 4.68. The van der Waals surface area contributed by atoms with Crippen molar-refractivity contribution in [3.63, 3.8) is 0 Å². The van der Waals surface area contributed by atoms with Gasteiger partial charge in [0.15, 0.2) is 0 Å². The Morgan fingerprint density at radius 2 is 1.75 bits per heavy atom. The molecule has 0 fully saturated rings. The molecule has 4 nitrogen and oxygen atoms in total. The smallest absolute Gasteiger partial charge is 0.229 e. The van der Waals surface area contributed by atoms with Crippen LogP contribution in [-0.4, -0.2) is 14.7 Å². The Hall–Kier alpha value is -3.12. The van der Waals surface area contributed by atoms with Crippen LogP contribution in [0.3, 0.4) is 0 Å². The van der Waals surface area contributed by atoms with Gasteiger partial charge in [-0.25, -0.2) is 12.8 Å². The normalized spacial score (nSPS) is 14.6. The summed E-state index contributed by atoms with van der Waals surface area (Å²) in [5.74, 6) is 0.360. The van der Waals surface area contributed by atoms with Gasteiger partial charge in [-0.05, 0) is 47.0 Å². The van der Waals surface area contributed by atoms with Gasteiger partial charge in [-0.2, -0.15) is 0 Å². The van der Waals surface area contributed by atoms with Crippen molar-refractivity contribution in [3.8, 4) is 5.75 Å². The molecule has 1 heterocycles. The molecule has 0 aliphatic carbocycles. The standard InChI is InChI=1S/C22H18FNO3S/c1-28(25,26)24-16-7-4-6-15(12-16)13-19-17-9-5-10-21(23)20(17)14-27-22-11-3-2-8-18(19)22/h2-13,24H,14H2,1H3/b19-13+. The summed E-state index contributed by atoms with van der Waals surface area (Å²) in [5.41, 5.74) is 4.18. The minimum Gasteiger partial charge on any atom is -0.488 e. The third-order valence-corrected chi connectivity index (χ3v) is 5.07. The summed E-state index contributed by atoms with van der Waals surface area (Å²) in [4.78, 5) is 0. The van der Waals surface area contributed by atoms with Crippen molar-refractivity contribution >= 4 is 27.4 Å². The van der Waals surface area contributed by atoms with Crippen molar-refractivity contribution in [3.05, 3.63) is 94.8 Å². The first-order valence-corrected chi connectivity index (χ1v) is 10.6. The summed E-state index contributed by atoms with van der Waals surface area (Å²) in [6, 6.07) is 19.6. The Kier molecular flexibility index (Phi) is 4.65. The van der Waals surface area contributed by atoms with Gasteiger partial charge < -0.3 is 4.74 Å². The molecule has 0 saturated carbocycles. The second-order valence-electron chi connectivity index (χ2n) is 6.61. The first-order chi connectivity index (χ1) is 13.4. The lowest BCUT2D eigenvalue weighted by Crippen LogP contribution is -2.09. The van der Waals surface area contributed by atoms with Crippen LogP contribution in [0.1, 0.15) is 22.3 Å². The lowest BCUT2D eigenvalue weighted by atomic mass is 9.92. The maximum Gasteiger partial charge on any atom is 0.229 e. The maximum absolute atomic E-state index is 14.5. The molecule has 0 bridgehead atoms. The van der Waals surface area contributed by atoms with E-state index in [2.05, 4.69) is 4.72 Å². The average Bonchev–Trinajstić information content (AvgIpc) is 2.79. The van der Waals surface area contributed by atoms with Crippen molar-refractivity contribution in [2.75, 3.05) is 11.0 Å². The highest BCUT2D eigenvalue weighted by Gasteiger charge is 2.21. The minimum absolute atomic E-state index is 0.145. The van der Waals surface area contributed by atoms with Gasteiger partial charge in [-0.15, -0.1) is 0 Å². The number of rotatable bonds is 3. The lowest BCUT2D eigenvalue weighted by molar-refractivity contribution is 0.301.